The molecule has 7 heteroatoms. The molecule has 2 N–H and O–H groups in total. The van der Waals surface area contributed by atoms with E-state index < -0.39 is 23.2 Å². The van der Waals surface area contributed by atoms with Crippen molar-refractivity contribution in [3.63, 3.8) is 0 Å². The number of hydrogen-bond donors (Lipinski definition) is 1. The lowest BCUT2D eigenvalue weighted by Crippen LogP contribution is -2.32. The molecule has 1 rings (SSSR count). The first kappa shape index (κ1) is 12.1. The van der Waals surface area contributed by atoms with Crippen molar-refractivity contribution in [3.05, 3.63) is 24.3 Å². The second-order valence-corrected chi connectivity index (χ2v) is 3.87. The predicted octanol–water partition coefficient (Wildman–Crippen LogP) is 3.52. The van der Waals surface area contributed by atoms with Crippen molar-refractivity contribution in [1.82, 2.24) is 0 Å². The summed E-state index contributed by atoms with van der Waals surface area (Å²) in [5, 5.41) is -4.79. The summed E-state index contributed by atoms with van der Waals surface area (Å²) < 4.78 is 60.5. The van der Waals surface area contributed by atoms with Crippen LogP contribution >= 0.6 is 11.8 Å². The van der Waals surface area contributed by atoms with Crippen LogP contribution in [0.25, 0.3) is 0 Å². The average molecular weight is 243 g/mol. The van der Waals surface area contributed by atoms with Gasteiger partial charge in [-0.05, 0) is 36.0 Å². The van der Waals surface area contributed by atoms with E-state index in [4.69, 9.17) is 5.73 Å². The lowest BCUT2D eigenvalue weighted by Gasteiger charge is -2.18. The second kappa shape index (κ2) is 3.88. The molecule has 1 aromatic carbocycles. The van der Waals surface area contributed by atoms with Crippen molar-refractivity contribution in [2.45, 2.75) is 16.3 Å². The molecule has 0 saturated carbocycles. The van der Waals surface area contributed by atoms with Crippen LogP contribution in [-0.4, -0.2) is 11.4 Å². The van der Waals surface area contributed by atoms with Gasteiger partial charge in [-0.1, -0.05) is 0 Å². The third-order valence-corrected chi connectivity index (χ3v) is 2.45. The molecule has 1 aromatic rings. The molecule has 0 aliphatic heterocycles. The molecule has 0 amide bonds. The number of thioether (sulfide) groups is 1. The second-order valence-electron chi connectivity index (χ2n) is 2.69. The van der Waals surface area contributed by atoms with Crippen LogP contribution in [0.5, 0.6) is 0 Å². The molecule has 0 heterocycles. The third kappa shape index (κ3) is 2.98. The molecule has 0 atom stereocenters. The number of rotatable bonds is 2. The first-order valence-electron chi connectivity index (χ1n) is 3.71. The topological polar surface area (TPSA) is 26.0 Å². The van der Waals surface area contributed by atoms with E-state index in [-0.39, 0.29) is 4.90 Å². The van der Waals surface area contributed by atoms with Crippen molar-refractivity contribution >= 4 is 17.4 Å². The van der Waals surface area contributed by atoms with E-state index in [2.05, 4.69) is 0 Å². The summed E-state index contributed by atoms with van der Waals surface area (Å²) in [6.45, 7) is 0. The highest BCUT2D eigenvalue weighted by Gasteiger charge is 2.58. The van der Waals surface area contributed by atoms with Crippen LogP contribution in [0.3, 0.4) is 0 Å². The van der Waals surface area contributed by atoms with Gasteiger partial charge in [-0.2, -0.15) is 22.0 Å². The van der Waals surface area contributed by atoms with Crippen LogP contribution in [-0.2, 0) is 0 Å². The summed E-state index contributed by atoms with van der Waals surface area (Å²) in [6.07, 6.45) is -5.56. The molecule has 15 heavy (non-hydrogen) atoms. The molecule has 0 unspecified atom stereocenters. The number of anilines is 1. The Morgan fingerprint density at radius 3 is 1.80 bits per heavy atom. The molecule has 1 nitrogen and oxygen atoms in total. The van der Waals surface area contributed by atoms with Gasteiger partial charge in [0.1, 0.15) is 0 Å². The smallest absolute Gasteiger partial charge is 0.399 e. The Morgan fingerprint density at radius 2 is 1.40 bits per heavy atom. The minimum absolute atomic E-state index is 0.188. The van der Waals surface area contributed by atoms with Gasteiger partial charge < -0.3 is 5.73 Å². The van der Waals surface area contributed by atoms with Gasteiger partial charge in [0.2, 0.25) is 0 Å². The lowest BCUT2D eigenvalue weighted by atomic mass is 10.3. The zero-order valence-electron chi connectivity index (χ0n) is 7.18. The van der Waals surface area contributed by atoms with Crippen molar-refractivity contribution in [3.8, 4) is 0 Å². The zero-order valence-corrected chi connectivity index (χ0v) is 8.00. The summed E-state index contributed by atoms with van der Waals surface area (Å²) in [4.78, 5) is -0.188. The van der Waals surface area contributed by atoms with Crippen molar-refractivity contribution in [1.29, 1.82) is 0 Å². The Bertz CT molecular complexity index is 332. The molecule has 0 aromatic heterocycles. The summed E-state index contributed by atoms with van der Waals surface area (Å²) in [6, 6.07) is 4.74. The highest BCUT2D eigenvalue weighted by molar-refractivity contribution is 8.00. The van der Waals surface area contributed by atoms with E-state index >= 15 is 0 Å². The number of nitrogen functional groups attached to an aromatic ring is 1. The van der Waals surface area contributed by atoms with Gasteiger partial charge >= 0.3 is 11.4 Å². The summed E-state index contributed by atoms with van der Waals surface area (Å²) in [7, 11) is 0. The number of halogens is 5. The fourth-order valence-corrected chi connectivity index (χ4v) is 1.43. The normalized spacial score (nSPS) is 12.9. The van der Waals surface area contributed by atoms with Gasteiger partial charge in [-0.3, -0.25) is 0 Å². The van der Waals surface area contributed by atoms with E-state index in [0.717, 1.165) is 12.1 Å². The van der Waals surface area contributed by atoms with Crippen molar-refractivity contribution in [2.24, 2.45) is 0 Å². The first-order chi connectivity index (χ1) is 6.72. The average Bonchev–Trinajstić information content (AvgIpc) is 2.06. The number of hydrogen-bond acceptors (Lipinski definition) is 2. The standard InChI is InChI=1S/C8H6F5NS/c9-7(10,11)8(12,13)15-6-3-1-5(14)2-4-6/h1-4H,14H2. The van der Waals surface area contributed by atoms with Gasteiger partial charge in [-0.25, -0.2) is 0 Å². The first-order valence-corrected chi connectivity index (χ1v) is 4.53. The summed E-state index contributed by atoms with van der Waals surface area (Å²) in [5.74, 6) is 0. The van der Waals surface area contributed by atoms with Gasteiger partial charge in [0.05, 0.1) is 0 Å². The monoisotopic (exact) mass is 243 g/mol. The molecule has 0 fully saturated rings. The Kier molecular flexibility index (Phi) is 3.13. The summed E-state index contributed by atoms with van der Waals surface area (Å²) in [5.41, 5.74) is 5.56. The number of benzene rings is 1. The van der Waals surface area contributed by atoms with Crippen LogP contribution in [0.2, 0.25) is 0 Å². The number of nitrogens with two attached hydrogens (primary N) is 1. The zero-order chi connectivity index (χ0) is 11.7. The highest BCUT2D eigenvalue weighted by Crippen LogP contribution is 2.47. The SMILES string of the molecule is Nc1ccc(SC(F)(F)C(F)(F)F)cc1. The Balaban J connectivity index is 2.82. The Hall–Kier alpha value is -0.980. The Labute approximate surface area is 86.5 Å². The fraction of sp³-hybridized carbons (Fsp3) is 0.250. The summed E-state index contributed by atoms with van der Waals surface area (Å²) >= 11 is -0.552. The van der Waals surface area contributed by atoms with Crippen molar-refractivity contribution in [2.75, 3.05) is 5.73 Å². The quantitative estimate of drug-likeness (QED) is 0.488. The molecule has 0 aliphatic carbocycles. The van der Waals surface area contributed by atoms with Gasteiger partial charge in [0.15, 0.2) is 0 Å². The fourth-order valence-electron chi connectivity index (χ4n) is 0.742. The molecular formula is C8H6F5NS. The van der Waals surface area contributed by atoms with E-state index in [1.165, 1.54) is 12.1 Å². The van der Waals surface area contributed by atoms with Crippen molar-refractivity contribution < 1.29 is 22.0 Å². The Morgan fingerprint density at radius 1 is 0.933 bits per heavy atom. The molecule has 0 bridgehead atoms. The van der Waals surface area contributed by atoms with Crippen LogP contribution in [0.1, 0.15) is 0 Å². The van der Waals surface area contributed by atoms with E-state index in [0.29, 0.717) is 5.69 Å². The maximum absolute atomic E-state index is 12.5. The van der Waals surface area contributed by atoms with Crippen LogP contribution in [0.15, 0.2) is 29.2 Å². The lowest BCUT2D eigenvalue weighted by molar-refractivity contribution is -0.237. The molecule has 0 aliphatic rings. The molecule has 0 radical (unpaired) electrons. The molecule has 0 spiro atoms. The third-order valence-electron chi connectivity index (χ3n) is 1.46. The largest absolute Gasteiger partial charge is 0.464 e. The van der Waals surface area contributed by atoms with Gasteiger partial charge in [0, 0.05) is 10.6 Å². The minimum atomic E-state index is -5.56. The number of alkyl halides is 5. The minimum Gasteiger partial charge on any atom is -0.399 e. The van der Waals surface area contributed by atoms with E-state index in [9.17, 15) is 22.0 Å². The molecule has 84 valence electrons. The van der Waals surface area contributed by atoms with Gasteiger partial charge in [-0.15, -0.1) is 0 Å². The predicted molar refractivity (Wildman–Crippen MR) is 47.7 cm³/mol. The van der Waals surface area contributed by atoms with Crippen LogP contribution in [0, 0.1) is 0 Å². The maximum atomic E-state index is 12.5. The van der Waals surface area contributed by atoms with E-state index in [1.807, 2.05) is 0 Å². The highest BCUT2D eigenvalue weighted by atomic mass is 32.2. The maximum Gasteiger partial charge on any atom is 0.464 e. The van der Waals surface area contributed by atoms with Gasteiger partial charge in [0.25, 0.3) is 0 Å². The van der Waals surface area contributed by atoms with Crippen LogP contribution < -0.4 is 5.73 Å². The van der Waals surface area contributed by atoms with Crippen LogP contribution in [0.4, 0.5) is 27.6 Å². The van der Waals surface area contributed by atoms with E-state index in [1.54, 1.807) is 0 Å². The molecule has 0 saturated heterocycles. The molecular weight excluding hydrogens is 237 g/mol.